The minimum atomic E-state index is -0.00967. The highest BCUT2D eigenvalue weighted by molar-refractivity contribution is 9.09. The number of methoxy groups -OCH3 is 1. The summed E-state index contributed by atoms with van der Waals surface area (Å²) in [5.41, 5.74) is 2.13. The maximum atomic E-state index is 6.28. The zero-order valence-corrected chi connectivity index (χ0v) is 15.0. The minimum absolute atomic E-state index is 0.00967. The predicted octanol–water partition coefficient (Wildman–Crippen LogP) is 6.70. The van der Waals surface area contributed by atoms with Crippen molar-refractivity contribution in [3.63, 3.8) is 0 Å². The van der Waals surface area contributed by atoms with Crippen molar-refractivity contribution in [3.05, 3.63) is 62.3 Å². The van der Waals surface area contributed by atoms with Crippen LogP contribution in [0.1, 0.15) is 16.0 Å². The third-order valence-corrected chi connectivity index (χ3v) is 5.87. The van der Waals surface area contributed by atoms with E-state index < -0.39 is 0 Å². The molecule has 0 aliphatic heterocycles. The third-order valence-electron chi connectivity index (χ3n) is 3.37. The van der Waals surface area contributed by atoms with Crippen molar-refractivity contribution in [1.82, 2.24) is 0 Å². The zero-order chi connectivity index (χ0) is 15.0. The Morgan fingerprint density at radius 2 is 1.76 bits per heavy atom. The summed E-state index contributed by atoms with van der Waals surface area (Å²) in [6.45, 7) is 0. The Morgan fingerprint density at radius 3 is 2.38 bits per heavy atom. The second kappa shape index (κ2) is 6.17. The van der Waals surface area contributed by atoms with Crippen molar-refractivity contribution in [2.24, 2.45) is 0 Å². The van der Waals surface area contributed by atoms with Crippen LogP contribution >= 0.6 is 50.5 Å². The number of ether oxygens (including phenoxy) is 1. The Bertz CT molecular complexity index is 800. The fraction of sp³-hybridized carbons (Fsp3) is 0.125. The lowest BCUT2D eigenvalue weighted by atomic mass is 9.99. The number of thiophene rings is 1. The molecule has 1 aromatic heterocycles. The molecule has 21 heavy (non-hydrogen) atoms. The molecule has 1 atom stereocenters. The van der Waals surface area contributed by atoms with Crippen LogP contribution in [0.4, 0.5) is 0 Å². The van der Waals surface area contributed by atoms with E-state index in [2.05, 4.69) is 34.1 Å². The first-order chi connectivity index (χ1) is 10.1. The molecule has 0 radical (unpaired) electrons. The Hall–Kier alpha value is -0.740. The summed E-state index contributed by atoms with van der Waals surface area (Å²) in [7, 11) is 1.68. The maximum absolute atomic E-state index is 6.28. The van der Waals surface area contributed by atoms with Gasteiger partial charge < -0.3 is 4.74 Å². The molecule has 0 saturated carbocycles. The Balaban J connectivity index is 2.19. The SMILES string of the molecule is COc1ccc(C(Br)c2cc(Cl)sc2Cl)c2ccccc12. The zero-order valence-electron chi connectivity index (χ0n) is 11.1. The second-order valence-electron chi connectivity index (χ2n) is 4.54. The van der Waals surface area contributed by atoms with Gasteiger partial charge >= 0.3 is 0 Å². The van der Waals surface area contributed by atoms with E-state index in [1.54, 1.807) is 7.11 Å². The Kier molecular flexibility index (Phi) is 4.46. The normalized spacial score (nSPS) is 12.6. The number of hydrogen-bond acceptors (Lipinski definition) is 2. The van der Waals surface area contributed by atoms with Crippen molar-refractivity contribution in [2.45, 2.75) is 4.83 Å². The van der Waals surface area contributed by atoms with E-state index in [-0.39, 0.29) is 4.83 Å². The van der Waals surface area contributed by atoms with Gasteiger partial charge in [0.1, 0.15) is 5.75 Å². The summed E-state index contributed by atoms with van der Waals surface area (Å²) < 4.78 is 6.84. The van der Waals surface area contributed by atoms with Gasteiger partial charge in [-0.1, -0.05) is 69.5 Å². The average Bonchev–Trinajstić information content (AvgIpc) is 2.84. The highest BCUT2D eigenvalue weighted by Crippen LogP contribution is 2.44. The van der Waals surface area contributed by atoms with Gasteiger partial charge in [0.2, 0.25) is 0 Å². The van der Waals surface area contributed by atoms with Gasteiger partial charge in [0.15, 0.2) is 0 Å². The summed E-state index contributed by atoms with van der Waals surface area (Å²) in [5.74, 6) is 0.864. The topological polar surface area (TPSA) is 9.23 Å². The molecule has 2 aromatic carbocycles. The molecule has 3 aromatic rings. The highest BCUT2D eigenvalue weighted by atomic mass is 79.9. The van der Waals surface area contributed by atoms with Crippen molar-refractivity contribution >= 4 is 61.2 Å². The van der Waals surface area contributed by atoms with Crippen molar-refractivity contribution in [2.75, 3.05) is 7.11 Å². The lowest BCUT2D eigenvalue weighted by Crippen LogP contribution is -1.95. The molecule has 1 heterocycles. The first kappa shape index (κ1) is 15.2. The second-order valence-corrected chi connectivity index (χ2v) is 7.75. The fourth-order valence-corrected chi connectivity index (χ4v) is 4.96. The van der Waals surface area contributed by atoms with E-state index >= 15 is 0 Å². The highest BCUT2D eigenvalue weighted by Gasteiger charge is 2.19. The molecular weight excluding hydrogens is 391 g/mol. The monoisotopic (exact) mass is 400 g/mol. The molecule has 0 bridgehead atoms. The molecule has 1 unspecified atom stereocenters. The van der Waals surface area contributed by atoms with Crippen LogP contribution in [0.25, 0.3) is 10.8 Å². The van der Waals surface area contributed by atoms with E-state index in [4.69, 9.17) is 27.9 Å². The predicted molar refractivity (Wildman–Crippen MR) is 95.6 cm³/mol. The van der Waals surface area contributed by atoms with Gasteiger partial charge in [-0.25, -0.2) is 0 Å². The van der Waals surface area contributed by atoms with E-state index in [9.17, 15) is 0 Å². The fourth-order valence-electron chi connectivity index (χ4n) is 2.39. The summed E-state index contributed by atoms with van der Waals surface area (Å²) in [6.07, 6.45) is 0. The van der Waals surface area contributed by atoms with Crippen LogP contribution in [0.3, 0.4) is 0 Å². The average molecular weight is 402 g/mol. The van der Waals surface area contributed by atoms with Crippen LogP contribution in [-0.4, -0.2) is 7.11 Å². The summed E-state index contributed by atoms with van der Waals surface area (Å²) in [6, 6.07) is 14.1. The molecule has 3 rings (SSSR count). The summed E-state index contributed by atoms with van der Waals surface area (Å²) in [4.78, 5) is -0.00967. The standard InChI is InChI=1S/C16H11BrCl2OS/c1-20-13-7-6-11(9-4-2-3-5-10(9)13)15(17)12-8-14(18)21-16(12)19/h2-8,15H,1H3. The smallest absolute Gasteiger partial charge is 0.126 e. The van der Waals surface area contributed by atoms with Crippen molar-refractivity contribution < 1.29 is 4.74 Å². The first-order valence-corrected chi connectivity index (χ1v) is 8.75. The summed E-state index contributed by atoms with van der Waals surface area (Å²) in [5, 5.41) is 2.22. The Labute approximate surface area is 145 Å². The van der Waals surface area contributed by atoms with Crippen LogP contribution in [0.15, 0.2) is 42.5 Å². The van der Waals surface area contributed by atoms with E-state index in [1.165, 1.54) is 11.3 Å². The van der Waals surface area contributed by atoms with Crippen molar-refractivity contribution in [1.29, 1.82) is 0 Å². The molecular formula is C16H11BrCl2OS. The molecule has 0 spiro atoms. The summed E-state index contributed by atoms with van der Waals surface area (Å²) >= 11 is 17.5. The molecule has 0 aliphatic rings. The number of benzene rings is 2. The van der Waals surface area contributed by atoms with Crippen LogP contribution in [0, 0.1) is 0 Å². The van der Waals surface area contributed by atoms with Crippen LogP contribution < -0.4 is 4.74 Å². The molecule has 0 aliphatic carbocycles. The molecule has 0 amide bonds. The van der Waals surface area contributed by atoms with Gasteiger partial charge in [-0.3, -0.25) is 0 Å². The quantitative estimate of drug-likeness (QED) is 0.443. The van der Waals surface area contributed by atoms with Crippen molar-refractivity contribution in [3.8, 4) is 5.75 Å². The number of rotatable bonds is 3. The largest absolute Gasteiger partial charge is 0.496 e. The van der Waals surface area contributed by atoms with Crippen LogP contribution in [0.2, 0.25) is 8.67 Å². The van der Waals surface area contributed by atoms with E-state index in [0.717, 1.165) is 27.6 Å². The molecule has 0 N–H and O–H groups in total. The lowest BCUT2D eigenvalue weighted by molar-refractivity contribution is 0.419. The van der Waals surface area contributed by atoms with E-state index in [1.807, 2.05) is 24.3 Å². The number of halogens is 3. The first-order valence-electron chi connectivity index (χ1n) is 6.26. The van der Waals surface area contributed by atoms with Gasteiger partial charge in [0.05, 0.1) is 20.6 Å². The number of alkyl halides is 1. The molecule has 0 saturated heterocycles. The van der Waals surface area contributed by atoms with Crippen LogP contribution in [-0.2, 0) is 0 Å². The molecule has 108 valence electrons. The number of hydrogen-bond donors (Lipinski definition) is 0. The van der Waals surface area contributed by atoms with E-state index in [0.29, 0.717) is 8.67 Å². The van der Waals surface area contributed by atoms with Gasteiger partial charge in [0, 0.05) is 10.9 Å². The van der Waals surface area contributed by atoms with Gasteiger partial charge in [-0.2, -0.15) is 0 Å². The Morgan fingerprint density at radius 1 is 1.05 bits per heavy atom. The third kappa shape index (κ3) is 2.80. The van der Waals surface area contributed by atoms with Gasteiger partial charge in [-0.05, 0) is 23.1 Å². The van der Waals surface area contributed by atoms with Gasteiger partial charge in [-0.15, -0.1) is 11.3 Å². The minimum Gasteiger partial charge on any atom is -0.496 e. The lowest BCUT2D eigenvalue weighted by Gasteiger charge is -2.15. The van der Waals surface area contributed by atoms with Gasteiger partial charge in [0.25, 0.3) is 0 Å². The van der Waals surface area contributed by atoms with Crippen LogP contribution in [0.5, 0.6) is 5.75 Å². The molecule has 1 nitrogen and oxygen atoms in total. The number of fused-ring (bicyclic) bond motifs is 1. The molecule has 5 heteroatoms. The molecule has 0 fully saturated rings. The maximum Gasteiger partial charge on any atom is 0.126 e.